The molecule has 0 aromatic heterocycles. The van der Waals surface area contributed by atoms with Gasteiger partial charge in [0, 0.05) is 20.8 Å². The molecule has 2 radical (unpaired) electrons. The number of hydrogen-bond donors (Lipinski definition) is 2. The molecule has 1 unspecified atom stereocenters. The van der Waals surface area contributed by atoms with Crippen LogP contribution in [-0.2, 0) is 18.6 Å². The molecule has 0 aromatic rings. The highest BCUT2D eigenvalue weighted by Crippen LogP contribution is 2.33. The molecule has 0 spiro atoms. The van der Waals surface area contributed by atoms with Crippen molar-refractivity contribution in [1.29, 1.82) is 0 Å². The second-order valence-corrected chi connectivity index (χ2v) is 5.06. The van der Waals surface area contributed by atoms with E-state index in [4.69, 9.17) is 22.4 Å². The lowest BCUT2D eigenvalue weighted by molar-refractivity contribution is -0.130. The minimum Gasteiger partial charge on any atom is -0.383 e. The number of methoxy groups -OCH3 is 1. The van der Waals surface area contributed by atoms with Gasteiger partial charge in [-0.15, -0.1) is 0 Å². The Morgan fingerprint density at radius 2 is 1.90 bits per heavy atom. The molecule has 1 rings (SSSR count). The van der Waals surface area contributed by atoms with Gasteiger partial charge in [-0.2, -0.15) is 0 Å². The van der Waals surface area contributed by atoms with Crippen LogP contribution in [0.15, 0.2) is 0 Å². The van der Waals surface area contributed by atoms with E-state index in [2.05, 4.69) is 4.52 Å². The summed E-state index contributed by atoms with van der Waals surface area (Å²) in [6, 6.07) is 0.256. The number of amides is 1. The highest BCUT2D eigenvalue weighted by molar-refractivity contribution is 7.46. The molecule has 9 heteroatoms. The Kier molecular flexibility index (Phi) is 13.5. The molecular formula is C11H25BNO6P. The summed E-state index contributed by atoms with van der Waals surface area (Å²) < 4.78 is 18.1. The van der Waals surface area contributed by atoms with Gasteiger partial charge < -0.3 is 19.4 Å². The molecule has 1 amide bonds. The number of phosphoric acid groups is 1. The van der Waals surface area contributed by atoms with E-state index in [0.29, 0.717) is 6.61 Å². The van der Waals surface area contributed by atoms with Gasteiger partial charge in [-0.25, -0.2) is 4.57 Å². The standard InChI is InChI=1S/C8H14BNO2.C2H6.CH5O4P/c1-12-6-7-3-2-4-10(7)8(11)5-9;1-2;1-5-6(2,3)4/h7H,2-6H2,1H3;1-2H3;1H3,(H2,2,3,4). The van der Waals surface area contributed by atoms with Crippen molar-refractivity contribution in [3.63, 3.8) is 0 Å². The number of nitrogens with zero attached hydrogens (tertiary/aromatic N) is 1. The molecule has 2 N–H and O–H groups in total. The normalized spacial score (nSPS) is 17.7. The van der Waals surface area contributed by atoms with Crippen LogP contribution in [0.3, 0.4) is 0 Å². The van der Waals surface area contributed by atoms with E-state index >= 15 is 0 Å². The van der Waals surface area contributed by atoms with Gasteiger partial charge in [-0.3, -0.25) is 9.32 Å². The Hall–Kier alpha value is -0.395. The summed E-state index contributed by atoms with van der Waals surface area (Å²) in [5.74, 6) is 0.0366. The first-order valence-electron chi connectivity index (χ1n) is 6.45. The second kappa shape index (κ2) is 12.4. The molecular weight excluding hydrogens is 284 g/mol. The van der Waals surface area contributed by atoms with Crippen molar-refractivity contribution in [2.24, 2.45) is 0 Å². The summed E-state index contributed by atoms with van der Waals surface area (Å²) in [6.45, 7) is 5.47. The lowest BCUT2D eigenvalue weighted by atomic mass is 10.0. The van der Waals surface area contributed by atoms with Crippen molar-refractivity contribution >= 4 is 21.6 Å². The molecule has 118 valence electrons. The van der Waals surface area contributed by atoms with E-state index in [1.54, 1.807) is 7.11 Å². The summed E-state index contributed by atoms with van der Waals surface area (Å²) in [7, 11) is 3.73. The summed E-state index contributed by atoms with van der Waals surface area (Å²) in [5, 5.41) is 0. The van der Waals surface area contributed by atoms with E-state index < -0.39 is 7.82 Å². The molecule has 1 aliphatic heterocycles. The largest absolute Gasteiger partial charge is 0.469 e. The lowest BCUT2D eigenvalue weighted by Crippen LogP contribution is -2.37. The van der Waals surface area contributed by atoms with Crippen LogP contribution in [0.2, 0.25) is 6.32 Å². The quantitative estimate of drug-likeness (QED) is 0.593. The van der Waals surface area contributed by atoms with Crippen molar-refractivity contribution in [2.45, 2.75) is 39.1 Å². The summed E-state index contributed by atoms with van der Waals surface area (Å²) in [5.41, 5.74) is 0. The fourth-order valence-corrected chi connectivity index (χ4v) is 1.65. The van der Waals surface area contributed by atoms with Gasteiger partial charge in [-0.1, -0.05) is 13.8 Å². The van der Waals surface area contributed by atoms with Gasteiger partial charge in [0.05, 0.1) is 20.5 Å². The molecule has 1 aliphatic rings. The van der Waals surface area contributed by atoms with E-state index in [9.17, 15) is 9.36 Å². The van der Waals surface area contributed by atoms with Crippen LogP contribution in [-0.4, -0.2) is 61.9 Å². The Balaban J connectivity index is 0. The van der Waals surface area contributed by atoms with E-state index in [-0.39, 0.29) is 18.3 Å². The number of carbonyl (C=O) groups excluding carboxylic acids is 1. The van der Waals surface area contributed by atoms with Crippen LogP contribution in [0, 0.1) is 0 Å². The molecule has 7 nitrogen and oxygen atoms in total. The predicted octanol–water partition coefficient (Wildman–Crippen LogP) is 0.962. The molecule has 0 aromatic carbocycles. The fourth-order valence-electron chi connectivity index (χ4n) is 1.65. The molecule has 0 bridgehead atoms. The van der Waals surface area contributed by atoms with Crippen LogP contribution < -0.4 is 0 Å². The minimum absolute atomic E-state index is 0.0366. The van der Waals surface area contributed by atoms with Crippen LogP contribution in [0.5, 0.6) is 0 Å². The Labute approximate surface area is 122 Å². The SMILES string of the molecule is CC.COP(=O)(O)O.[B]CC(=O)N1CCCC1COC. The zero-order valence-corrected chi connectivity index (χ0v) is 13.5. The van der Waals surface area contributed by atoms with E-state index in [1.165, 1.54) is 0 Å². The third kappa shape index (κ3) is 10.4. The third-order valence-corrected chi connectivity index (χ3v) is 2.94. The van der Waals surface area contributed by atoms with Crippen LogP contribution in [0.4, 0.5) is 0 Å². The maximum atomic E-state index is 11.2. The minimum atomic E-state index is -4.15. The molecule has 1 fully saturated rings. The fraction of sp³-hybridized carbons (Fsp3) is 0.909. The summed E-state index contributed by atoms with van der Waals surface area (Å²) in [4.78, 5) is 28.5. The highest BCUT2D eigenvalue weighted by Gasteiger charge is 2.26. The zero-order chi connectivity index (χ0) is 16.2. The smallest absolute Gasteiger partial charge is 0.383 e. The Morgan fingerprint density at radius 3 is 2.25 bits per heavy atom. The van der Waals surface area contributed by atoms with Gasteiger partial charge >= 0.3 is 7.82 Å². The molecule has 1 saturated heterocycles. The number of ether oxygens (including phenoxy) is 1. The van der Waals surface area contributed by atoms with Crippen molar-refractivity contribution in [1.82, 2.24) is 4.90 Å². The maximum Gasteiger partial charge on any atom is 0.469 e. The first-order valence-corrected chi connectivity index (χ1v) is 7.98. The second-order valence-electron chi connectivity index (χ2n) is 3.72. The number of phosphoric ester groups is 1. The summed E-state index contributed by atoms with van der Waals surface area (Å²) in [6.07, 6.45) is 2.22. The van der Waals surface area contributed by atoms with Crippen molar-refractivity contribution in [3.05, 3.63) is 0 Å². The van der Waals surface area contributed by atoms with Gasteiger partial charge in [0.15, 0.2) is 0 Å². The first kappa shape index (κ1) is 21.9. The van der Waals surface area contributed by atoms with Crippen molar-refractivity contribution in [3.8, 4) is 0 Å². The Bertz CT molecular complexity index is 299. The molecule has 1 atom stereocenters. The predicted molar refractivity (Wildman–Crippen MR) is 77.6 cm³/mol. The molecule has 20 heavy (non-hydrogen) atoms. The highest BCUT2D eigenvalue weighted by atomic mass is 31.2. The van der Waals surface area contributed by atoms with Crippen molar-refractivity contribution in [2.75, 3.05) is 27.4 Å². The maximum absolute atomic E-state index is 11.2. The lowest BCUT2D eigenvalue weighted by Gasteiger charge is -2.23. The van der Waals surface area contributed by atoms with Crippen LogP contribution >= 0.6 is 7.82 Å². The average Bonchev–Trinajstić information content (AvgIpc) is 2.89. The van der Waals surface area contributed by atoms with Gasteiger partial charge in [-0.05, 0) is 19.2 Å². The third-order valence-electron chi connectivity index (χ3n) is 2.47. The number of rotatable bonds is 4. The first-order chi connectivity index (χ1) is 9.35. The van der Waals surface area contributed by atoms with E-state index in [1.807, 2.05) is 18.7 Å². The van der Waals surface area contributed by atoms with Crippen LogP contribution in [0.25, 0.3) is 0 Å². The topological polar surface area (TPSA) is 96.3 Å². The molecule has 0 saturated carbocycles. The monoisotopic (exact) mass is 309 g/mol. The summed E-state index contributed by atoms with van der Waals surface area (Å²) >= 11 is 0. The number of hydrogen-bond acceptors (Lipinski definition) is 4. The zero-order valence-electron chi connectivity index (χ0n) is 12.6. The Morgan fingerprint density at radius 1 is 1.40 bits per heavy atom. The number of likely N-dealkylation sites (tertiary alicyclic amines) is 1. The van der Waals surface area contributed by atoms with Crippen molar-refractivity contribution < 1.29 is 28.4 Å². The molecule has 0 aliphatic carbocycles. The molecule has 1 heterocycles. The van der Waals surface area contributed by atoms with E-state index in [0.717, 1.165) is 26.5 Å². The van der Waals surface area contributed by atoms with Gasteiger partial charge in [0.25, 0.3) is 0 Å². The number of carbonyl (C=O) groups is 1. The van der Waals surface area contributed by atoms with Crippen LogP contribution in [0.1, 0.15) is 26.7 Å². The van der Waals surface area contributed by atoms with Gasteiger partial charge in [0.2, 0.25) is 5.91 Å². The average molecular weight is 309 g/mol. The van der Waals surface area contributed by atoms with Gasteiger partial charge in [0.1, 0.15) is 0 Å².